The first-order chi connectivity index (χ1) is 13.1. The van der Waals surface area contributed by atoms with E-state index in [1.165, 1.54) is 12.1 Å². The van der Waals surface area contributed by atoms with Crippen molar-refractivity contribution in [2.75, 3.05) is 12.5 Å². The van der Waals surface area contributed by atoms with E-state index in [0.717, 1.165) is 23.4 Å². The molecule has 1 aromatic heterocycles. The zero-order chi connectivity index (χ0) is 19.2. The van der Waals surface area contributed by atoms with E-state index in [9.17, 15) is 4.39 Å². The number of methoxy groups -OCH3 is 1. The number of aromatic nitrogens is 3. The Morgan fingerprint density at radius 1 is 1.22 bits per heavy atom. The molecule has 3 aromatic rings. The van der Waals surface area contributed by atoms with E-state index in [1.807, 2.05) is 25.1 Å². The van der Waals surface area contributed by atoms with Crippen LogP contribution in [0.15, 0.2) is 42.5 Å². The second-order valence-corrected chi connectivity index (χ2v) is 6.22. The van der Waals surface area contributed by atoms with Crippen molar-refractivity contribution in [1.82, 2.24) is 14.9 Å². The Morgan fingerprint density at radius 3 is 2.70 bits per heavy atom. The highest BCUT2D eigenvalue weighted by Gasteiger charge is 2.12. The smallest absolute Gasteiger partial charge is 0.214 e. The first kappa shape index (κ1) is 18.9. The van der Waals surface area contributed by atoms with Crippen LogP contribution in [-0.4, -0.2) is 22.0 Å². The van der Waals surface area contributed by atoms with Crippen LogP contribution in [0.1, 0.15) is 23.9 Å². The lowest BCUT2D eigenvalue weighted by Gasteiger charge is -2.16. The summed E-state index contributed by atoms with van der Waals surface area (Å²) in [4.78, 5) is 0. The molecule has 0 amide bonds. The third kappa shape index (κ3) is 4.46. The summed E-state index contributed by atoms with van der Waals surface area (Å²) in [5.74, 6) is 1.80. The Morgan fingerprint density at radius 2 is 2.00 bits per heavy atom. The first-order valence-corrected chi connectivity index (χ1v) is 8.96. The summed E-state index contributed by atoms with van der Waals surface area (Å²) in [5.41, 5.74) is 5.03. The van der Waals surface area contributed by atoms with Gasteiger partial charge in [0.2, 0.25) is 4.77 Å². The molecule has 0 fully saturated rings. The molecule has 0 aliphatic carbocycles. The molecule has 6 nitrogen and oxygen atoms in total. The van der Waals surface area contributed by atoms with Crippen molar-refractivity contribution in [3.8, 4) is 11.5 Å². The standard InChI is InChI=1S/C19H21FN4O2S/c1-3-17-22-23-19(27)24(17)21-11-14-5-4-6-16(25-2)18(14)26-12-13-7-9-15(20)10-8-13/h4-10,21H,3,11-12H2,1-2H3,(H,23,27). The summed E-state index contributed by atoms with van der Waals surface area (Å²) in [6, 6.07) is 11.9. The van der Waals surface area contributed by atoms with Gasteiger partial charge in [0.15, 0.2) is 17.3 Å². The minimum absolute atomic E-state index is 0.274. The molecule has 2 N–H and O–H groups in total. The average molecular weight is 388 g/mol. The fraction of sp³-hybridized carbons (Fsp3) is 0.263. The molecular formula is C19H21FN4O2S. The number of H-pyrrole nitrogens is 1. The summed E-state index contributed by atoms with van der Waals surface area (Å²) in [7, 11) is 1.60. The molecule has 0 unspecified atom stereocenters. The van der Waals surface area contributed by atoms with Crippen LogP contribution in [0.5, 0.6) is 11.5 Å². The Bertz CT molecular complexity index is 953. The summed E-state index contributed by atoms with van der Waals surface area (Å²) in [5, 5.41) is 6.96. The van der Waals surface area contributed by atoms with E-state index in [1.54, 1.807) is 23.9 Å². The fourth-order valence-corrected chi connectivity index (χ4v) is 2.87. The van der Waals surface area contributed by atoms with Crippen molar-refractivity contribution < 1.29 is 13.9 Å². The minimum Gasteiger partial charge on any atom is -0.493 e. The molecule has 3 rings (SSSR count). The van der Waals surface area contributed by atoms with E-state index in [-0.39, 0.29) is 5.82 Å². The van der Waals surface area contributed by atoms with Gasteiger partial charge in [-0.15, -0.1) is 0 Å². The van der Waals surface area contributed by atoms with Gasteiger partial charge < -0.3 is 14.9 Å². The van der Waals surface area contributed by atoms with Crippen LogP contribution in [0.4, 0.5) is 4.39 Å². The lowest BCUT2D eigenvalue weighted by atomic mass is 10.2. The summed E-state index contributed by atoms with van der Waals surface area (Å²) in [6.07, 6.45) is 0.742. The summed E-state index contributed by atoms with van der Waals surface area (Å²) >= 11 is 5.26. The number of aryl methyl sites for hydroxylation is 1. The van der Waals surface area contributed by atoms with Crippen molar-refractivity contribution in [3.63, 3.8) is 0 Å². The Hall–Kier alpha value is -2.87. The van der Waals surface area contributed by atoms with Crippen molar-refractivity contribution in [2.24, 2.45) is 0 Å². The first-order valence-electron chi connectivity index (χ1n) is 8.55. The van der Waals surface area contributed by atoms with Gasteiger partial charge in [-0.05, 0) is 36.0 Å². The summed E-state index contributed by atoms with van der Waals surface area (Å²) < 4.78 is 26.8. The molecule has 0 radical (unpaired) electrons. The van der Waals surface area contributed by atoms with E-state index < -0.39 is 0 Å². The van der Waals surface area contributed by atoms with Crippen molar-refractivity contribution in [2.45, 2.75) is 26.5 Å². The molecule has 0 spiro atoms. The molecule has 0 aliphatic heterocycles. The molecular weight excluding hydrogens is 367 g/mol. The minimum atomic E-state index is -0.274. The number of aromatic amines is 1. The Labute approximate surface area is 161 Å². The number of ether oxygens (including phenoxy) is 2. The van der Waals surface area contributed by atoms with Crippen LogP contribution in [-0.2, 0) is 19.6 Å². The molecule has 2 aromatic carbocycles. The number of hydrogen-bond acceptors (Lipinski definition) is 5. The molecule has 27 heavy (non-hydrogen) atoms. The van der Waals surface area contributed by atoms with Gasteiger partial charge in [-0.2, -0.15) is 5.10 Å². The molecule has 0 saturated heterocycles. The van der Waals surface area contributed by atoms with Crippen molar-refractivity contribution >= 4 is 12.2 Å². The third-order valence-electron chi connectivity index (χ3n) is 4.06. The predicted molar refractivity (Wildman–Crippen MR) is 104 cm³/mol. The second-order valence-electron chi connectivity index (χ2n) is 5.83. The number of benzene rings is 2. The van der Waals surface area contributed by atoms with Crippen LogP contribution in [0.3, 0.4) is 0 Å². The lowest BCUT2D eigenvalue weighted by molar-refractivity contribution is 0.281. The van der Waals surface area contributed by atoms with E-state index in [2.05, 4.69) is 15.6 Å². The average Bonchev–Trinajstić information content (AvgIpc) is 3.05. The van der Waals surface area contributed by atoms with E-state index in [0.29, 0.717) is 29.4 Å². The molecule has 0 aliphatic rings. The molecule has 0 saturated carbocycles. The monoisotopic (exact) mass is 388 g/mol. The number of halogens is 1. The van der Waals surface area contributed by atoms with E-state index >= 15 is 0 Å². The zero-order valence-electron chi connectivity index (χ0n) is 15.2. The highest BCUT2D eigenvalue weighted by Crippen LogP contribution is 2.32. The number of nitrogens with zero attached hydrogens (tertiary/aromatic N) is 2. The van der Waals surface area contributed by atoms with Crippen molar-refractivity contribution in [1.29, 1.82) is 0 Å². The van der Waals surface area contributed by atoms with Gasteiger partial charge in [-0.1, -0.05) is 31.2 Å². The summed E-state index contributed by atoms with van der Waals surface area (Å²) in [6.45, 7) is 2.78. The molecule has 142 valence electrons. The Balaban J connectivity index is 1.79. The molecule has 0 atom stereocenters. The fourth-order valence-electron chi connectivity index (χ4n) is 2.66. The number of hydrogen-bond donors (Lipinski definition) is 2. The third-order valence-corrected chi connectivity index (χ3v) is 4.34. The van der Waals surface area contributed by atoms with Crippen LogP contribution in [0.25, 0.3) is 0 Å². The maximum Gasteiger partial charge on any atom is 0.214 e. The molecule has 1 heterocycles. The van der Waals surface area contributed by atoms with Gasteiger partial charge in [0, 0.05) is 12.0 Å². The van der Waals surface area contributed by atoms with Gasteiger partial charge in [0.05, 0.1) is 13.7 Å². The quantitative estimate of drug-likeness (QED) is 0.572. The number of rotatable bonds is 8. The SMILES string of the molecule is CCc1n[nH]c(=S)n1NCc1cccc(OC)c1OCc1ccc(F)cc1. The van der Waals surface area contributed by atoms with Crippen LogP contribution >= 0.6 is 12.2 Å². The van der Waals surface area contributed by atoms with E-state index in [4.69, 9.17) is 21.7 Å². The van der Waals surface area contributed by atoms with Gasteiger partial charge in [0.1, 0.15) is 12.4 Å². The maximum absolute atomic E-state index is 13.1. The zero-order valence-corrected chi connectivity index (χ0v) is 16.0. The van der Waals surface area contributed by atoms with Crippen LogP contribution in [0, 0.1) is 10.6 Å². The predicted octanol–water partition coefficient (Wildman–Crippen LogP) is 3.97. The number of para-hydroxylation sites is 1. The number of nitrogens with one attached hydrogen (secondary N) is 2. The lowest BCUT2D eigenvalue weighted by Crippen LogP contribution is -2.18. The van der Waals surface area contributed by atoms with Crippen LogP contribution < -0.4 is 14.9 Å². The topological polar surface area (TPSA) is 64.1 Å². The highest BCUT2D eigenvalue weighted by molar-refractivity contribution is 7.71. The van der Waals surface area contributed by atoms with Crippen LogP contribution in [0.2, 0.25) is 0 Å². The second kappa shape index (κ2) is 8.68. The van der Waals surface area contributed by atoms with Gasteiger partial charge in [-0.25, -0.2) is 9.07 Å². The molecule has 8 heteroatoms. The van der Waals surface area contributed by atoms with Gasteiger partial charge in [-0.3, -0.25) is 5.10 Å². The molecule has 0 bridgehead atoms. The largest absolute Gasteiger partial charge is 0.493 e. The maximum atomic E-state index is 13.1. The van der Waals surface area contributed by atoms with Gasteiger partial charge in [0.25, 0.3) is 0 Å². The van der Waals surface area contributed by atoms with Gasteiger partial charge >= 0.3 is 0 Å². The Kier molecular flexibility index (Phi) is 6.08. The highest BCUT2D eigenvalue weighted by atomic mass is 32.1. The van der Waals surface area contributed by atoms with Crippen molar-refractivity contribution in [3.05, 3.63) is 70.0 Å². The normalized spacial score (nSPS) is 10.6.